The summed E-state index contributed by atoms with van der Waals surface area (Å²) in [7, 11) is 0. The first kappa shape index (κ1) is 22.4. The minimum atomic E-state index is -2.08. The van der Waals surface area contributed by atoms with E-state index in [1.54, 1.807) is 0 Å². The zero-order valence-corrected chi connectivity index (χ0v) is 9.44. The fraction of sp³-hybridized carbons (Fsp3) is 0. The van der Waals surface area contributed by atoms with Gasteiger partial charge in [0.2, 0.25) is 6.16 Å². The SMILES string of the molecule is O=C([O-])O.O=[N+]([O-])[O-].[Na+].[Na+]. The third kappa shape index (κ3) is 2140. The monoisotopic (exact) mass is 169 g/mol. The molecule has 0 heterocycles. The van der Waals surface area contributed by atoms with Crippen LogP contribution in [0.1, 0.15) is 0 Å². The Morgan fingerprint density at radius 2 is 1.30 bits per heavy atom. The third-order valence-electron chi connectivity index (χ3n) is 0. The molecule has 0 spiro atoms. The molecule has 0 amide bonds. The molecule has 0 aliphatic heterocycles. The van der Waals surface area contributed by atoms with Gasteiger partial charge in [0.05, 0.1) is 5.09 Å². The van der Waals surface area contributed by atoms with E-state index in [1.807, 2.05) is 0 Å². The molecule has 0 rings (SSSR count). The van der Waals surface area contributed by atoms with Gasteiger partial charge in [0.15, 0.2) is 0 Å². The molecule has 0 saturated carbocycles. The molecule has 0 unspecified atom stereocenters. The zero-order chi connectivity index (χ0) is 7.15. The van der Waals surface area contributed by atoms with E-state index >= 15 is 0 Å². The molecule has 1 N–H and O–H groups in total. The van der Waals surface area contributed by atoms with Crippen LogP contribution in [0, 0.1) is 15.3 Å². The van der Waals surface area contributed by atoms with E-state index in [1.165, 1.54) is 0 Å². The minimum Gasteiger partial charge on any atom is -0.565 e. The molecule has 7 nitrogen and oxygen atoms in total. The van der Waals surface area contributed by atoms with E-state index < -0.39 is 11.2 Å². The summed E-state index contributed by atoms with van der Waals surface area (Å²) < 4.78 is 0. The molecule has 0 aliphatic rings. The molecule has 0 atom stereocenters. The van der Waals surface area contributed by atoms with E-state index in [0.29, 0.717) is 0 Å². The van der Waals surface area contributed by atoms with Crippen LogP contribution >= 0.6 is 0 Å². The molecule has 0 radical (unpaired) electrons. The van der Waals surface area contributed by atoms with Gasteiger partial charge in [-0.15, -0.1) is 0 Å². The van der Waals surface area contributed by atoms with Gasteiger partial charge in [-0.1, -0.05) is 0 Å². The van der Waals surface area contributed by atoms with Gasteiger partial charge < -0.3 is 30.3 Å². The summed E-state index contributed by atoms with van der Waals surface area (Å²) in [4.78, 5) is 16.7. The van der Waals surface area contributed by atoms with Crippen LogP contribution in [-0.2, 0) is 0 Å². The molecule has 10 heavy (non-hydrogen) atoms. The largest absolute Gasteiger partial charge is 1.00 e. The summed E-state index contributed by atoms with van der Waals surface area (Å²) >= 11 is 0. The van der Waals surface area contributed by atoms with Crippen molar-refractivity contribution in [3.8, 4) is 0 Å². The third-order valence-corrected chi connectivity index (χ3v) is 0. The number of hydrogen-bond donors (Lipinski definition) is 1. The number of carbonyl (C=O) groups is 1. The molecular weight excluding hydrogens is 168 g/mol. The second-order valence-electron chi connectivity index (χ2n) is 0.490. The normalized spacial score (nSPS) is 4.80. The summed E-state index contributed by atoms with van der Waals surface area (Å²) in [5, 5.41) is 30.1. The Hall–Kier alpha value is 0.470. The van der Waals surface area contributed by atoms with E-state index in [2.05, 4.69) is 0 Å². The van der Waals surface area contributed by atoms with Gasteiger partial charge in [0.25, 0.3) is 0 Å². The first-order valence-corrected chi connectivity index (χ1v) is 1.18. The summed E-state index contributed by atoms with van der Waals surface area (Å²) in [5.74, 6) is 0. The number of hydrogen-bond acceptors (Lipinski definition) is 5. The molecule has 0 aliphatic carbocycles. The van der Waals surface area contributed by atoms with E-state index in [-0.39, 0.29) is 59.1 Å². The Bertz CT molecular complexity index is 73.7. The van der Waals surface area contributed by atoms with Crippen molar-refractivity contribution in [2.75, 3.05) is 0 Å². The summed E-state index contributed by atoms with van der Waals surface area (Å²) in [5.41, 5.74) is 0. The Labute approximate surface area is 99.7 Å². The van der Waals surface area contributed by atoms with Crippen molar-refractivity contribution >= 4 is 6.16 Å². The maximum atomic E-state index is 8.44. The van der Waals surface area contributed by atoms with Crippen LogP contribution in [0.3, 0.4) is 0 Å². The molecule has 0 aromatic rings. The molecule has 0 bridgehead atoms. The van der Waals surface area contributed by atoms with Crippen LogP contribution in [-0.4, -0.2) is 16.3 Å². The van der Waals surface area contributed by atoms with E-state index in [4.69, 9.17) is 30.3 Å². The fourth-order valence-electron chi connectivity index (χ4n) is 0. The first-order chi connectivity index (χ1) is 3.46. The smallest absolute Gasteiger partial charge is 0.565 e. The molecule has 48 valence electrons. The number of rotatable bonds is 0. The number of carboxylic acid groups (broad SMARTS) is 2. The summed E-state index contributed by atoms with van der Waals surface area (Å²) in [6.07, 6.45) is -2.08. The van der Waals surface area contributed by atoms with Gasteiger partial charge in [-0.2, -0.15) is 0 Å². The second-order valence-corrected chi connectivity index (χ2v) is 0.490. The molecule has 0 fully saturated rings. The molecule has 0 aromatic carbocycles. The molecular formula is CHNNa2O6. The standard InChI is InChI=1S/CH2O3.NO3.2Na/c2*2-1(3)4;;/h(H2,2,3,4);;;/q;-1;2*+1/p-1. The van der Waals surface area contributed by atoms with Gasteiger partial charge in [-0.3, -0.25) is 0 Å². The van der Waals surface area contributed by atoms with Crippen molar-refractivity contribution in [2.45, 2.75) is 0 Å². The van der Waals surface area contributed by atoms with Crippen molar-refractivity contribution < 1.29 is 79.2 Å². The van der Waals surface area contributed by atoms with Gasteiger partial charge in [0, 0.05) is 0 Å². The Balaban J connectivity index is -0.0000000300. The van der Waals surface area contributed by atoms with Gasteiger partial charge >= 0.3 is 59.1 Å². The first-order valence-electron chi connectivity index (χ1n) is 1.18. The van der Waals surface area contributed by atoms with Gasteiger partial charge in [-0.25, -0.2) is 0 Å². The average molecular weight is 169 g/mol. The van der Waals surface area contributed by atoms with Crippen LogP contribution < -0.4 is 64.2 Å². The quantitative estimate of drug-likeness (QED) is 0.218. The van der Waals surface area contributed by atoms with Crippen molar-refractivity contribution in [3.05, 3.63) is 15.3 Å². The predicted octanol–water partition coefficient (Wildman–Crippen LogP) is -7.34. The Kier molecular flexibility index (Phi) is 36.4. The topological polar surface area (TPSA) is 127 Å². The van der Waals surface area contributed by atoms with Gasteiger partial charge in [-0.05, 0) is 0 Å². The summed E-state index contributed by atoms with van der Waals surface area (Å²) in [6.45, 7) is 0. The van der Waals surface area contributed by atoms with Crippen LogP contribution in [0.2, 0.25) is 0 Å². The van der Waals surface area contributed by atoms with Crippen LogP contribution in [0.15, 0.2) is 0 Å². The Morgan fingerprint density at radius 1 is 1.30 bits per heavy atom. The van der Waals surface area contributed by atoms with Crippen molar-refractivity contribution in [3.63, 3.8) is 0 Å². The number of nitrogens with zero attached hydrogens (tertiary/aromatic N) is 1. The molecule has 0 saturated heterocycles. The molecule has 9 heteroatoms. The van der Waals surface area contributed by atoms with Gasteiger partial charge in [0.1, 0.15) is 0 Å². The summed E-state index contributed by atoms with van der Waals surface area (Å²) in [6, 6.07) is 0. The van der Waals surface area contributed by atoms with Crippen molar-refractivity contribution in [1.29, 1.82) is 0 Å². The van der Waals surface area contributed by atoms with Crippen molar-refractivity contribution in [2.24, 2.45) is 0 Å². The fourth-order valence-corrected chi connectivity index (χ4v) is 0. The average Bonchev–Trinajstić information content (AvgIpc) is 1.25. The van der Waals surface area contributed by atoms with Crippen LogP contribution in [0.25, 0.3) is 0 Å². The van der Waals surface area contributed by atoms with Crippen LogP contribution in [0.4, 0.5) is 4.79 Å². The maximum Gasteiger partial charge on any atom is 1.00 e. The minimum absolute atomic E-state index is 0. The van der Waals surface area contributed by atoms with E-state index in [0.717, 1.165) is 0 Å². The predicted molar refractivity (Wildman–Crippen MR) is 18.4 cm³/mol. The maximum absolute atomic E-state index is 8.44. The zero-order valence-electron chi connectivity index (χ0n) is 5.44. The Morgan fingerprint density at radius 3 is 1.30 bits per heavy atom. The van der Waals surface area contributed by atoms with E-state index in [9.17, 15) is 0 Å². The van der Waals surface area contributed by atoms with Crippen molar-refractivity contribution in [1.82, 2.24) is 0 Å². The second kappa shape index (κ2) is 16.2. The molecule has 0 aromatic heterocycles. The van der Waals surface area contributed by atoms with Crippen LogP contribution in [0.5, 0.6) is 0 Å².